The third-order valence-corrected chi connectivity index (χ3v) is 3.57. The number of aromatic amines is 1. The van der Waals surface area contributed by atoms with Crippen LogP contribution in [0.2, 0.25) is 0 Å². The lowest BCUT2D eigenvalue weighted by molar-refractivity contribution is -0.121. The minimum atomic E-state index is 0.0968. The lowest BCUT2D eigenvalue weighted by atomic mass is 10.1. The zero-order chi connectivity index (χ0) is 15.1. The molecule has 0 aliphatic rings. The molecule has 0 aliphatic carbocycles. The number of carbonyl (C=O) groups is 1. The van der Waals surface area contributed by atoms with E-state index >= 15 is 0 Å². The first-order valence-corrected chi connectivity index (χ1v) is 7.33. The first kappa shape index (κ1) is 15.2. The molecule has 0 saturated carbocycles. The highest BCUT2D eigenvalue weighted by molar-refractivity contribution is 5.76. The number of hydrogen-bond acceptors (Lipinski definition) is 3. The van der Waals surface area contributed by atoms with Crippen molar-refractivity contribution in [2.75, 3.05) is 6.54 Å². The molecule has 5 heteroatoms. The van der Waals surface area contributed by atoms with Crippen molar-refractivity contribution < 1.29 is 4.79 Å². The van der Waals surface area contributed by atoms with E-state index in [0.717, 1.165) is 36.2 Å². The van der Waals surface area contributed by atoms with Crippen LogP contribution in [-0.4, -0.2) is 27.6 Å². The summed E-state index contributed by atoms with van der Waals surface area (Å²) in [5, 5.41) is 10.1. The van der Waals surface area contributed by atoms with E-state index < -0.39 is 0 Å². The molecule has 0 atom stereocenters. The van der Waals surface area contributed by atoms with Crippen molar-refractivity contribution in [2.24, 2.45) is 0 Å². The number of H-pyrrole nitrogens is 1. The Morgan fingerprint density at radius 3 is 2.86 bits per heavy atom. The summed E-state index contributed by atoms with van der Waals surface area (Å²) in [4.78, 5) is 15.8. The summed E-state index contributed by atoms with van der Waals surface area (Å²) in [7, 11) is 0. The second kappa shape index (κ2) is 7.57. The van der Waals surface area contributed by atoms with Crippen LogP contribution in [0, 0.1) is 13.8 Å². The van der Waals surface area contributed by atoms with Gasteiger partial charge in [0.05, 0.1) is 5.69 Å². The van der Waals surface area contributed by atoms with Crippen LogP contribution in [0.25, 0.3) is 0 Å². The van der Waals surface area contributed by atoms with Gasteiger partial charge in [-0.25, -0.2) is 0 Å². The predicted molar refractivity (Wildman–Crippen MR) is 82.0 cm³/mol. The van der Waals surface area contributed by atoms with Crippen molar-refractivity contribution in [3.63, 3.8) is 0 Å². The van der Waals surface area contributed by atoms with Crippen molar-refractivity contribution in [3.8, 4) is 0 Å². The minimum absolute atomic E-state index is 0.0968. The Morgan fingerprint density at radius 1 is 1.33 bits per heavy atom. The summed E-state index contributed by atoms with van der Waals surface area (Å²) >= 11 is 0. The molecule has 0 saturated heterocycles. The maximum atomic E-state index is 11.8. The molecule has 0 aliphatic heterocycles. The lowest BCUT2D eigenvalue weighted by Gasteiger charge is -2.05. The first-order valence-electron chi connectivity index (χ1n) is 7.33. The van der Waals surface area contributed by atoms with E-state index in [1.807, 2.05) is 26.0 Å². The van der Waals surface area contributed by atoms with Crippen LogP contribution >= 0.6 is 0 Å². The fraction of sp³-hybridized carbons (Fsp3) is 0.438. The molecule has 2 N–H and O–H groups in total. The Morgan fingerprint density at radius 2 is 2.19 bits per heavy atom. The molecule has 21 heavy (non-hydrogen) atoms. The van der Waals surface area contributed by atoms with E-state index in [2.05, 4.69) is 20.5 Å². The van der Waals surface area contributed by atoms with E-state index in [4.69, 9.17) is 0 Å². The average Bonchev–Trinajstić information content (AvgIpc) is 2.82. The molecule has 2 aromatic heterocycles. The van der Waals surface area contributed by atoms with Gasteiger partial charge in [0, 0.05) is 31.1 Å². The van der Waals surface area contributed by atoms with Gasteiger partial charge in [-0.15, -0.1) is 0 Å². The molecule has 5 nitrogen and oxygen atoms in total. The Kier molecular flexibility index (Phi) is 5.49. The van der Waals surface area contributed by atoms with Gasteiger partial charge < -0.3 is 5.32 Å². The monoisotopic (exact) mass is 286 g/mol. The molecular formula is C16H22N4O. The molecule has 0 spiro atoms. The second-order valence-corrected chi connectivity index (χ2v) is 5.23. The number of carbonyl (C=O) groups excluding carboxylic acids is 1. The third kappa shape index (κ3) is 4.70. The molecule has 112 valence electrons. The van der Waals surface area contributed by atoms with E-state index in [1.54, 1.807) is 12.4 Å². The van der Waals surface area contributed by atoms with Gasteiger partial charge in [0.15, 0.2) is 0 Å². The number of hydrogen-bond donors (Lipinski definition) is 2. The topological polar surface area (TPSA) is 70.7 Å². The highest BCUT2D eigenvalue weighted by Crippen LogP contribution is 2.11. The number of nitrogens with one attached hydrogen (secondary N) is 2. The number of nitrogens with zero attached hydrogens (tertiary/aromatic N) is 2. The average molecular weight is 286 g/mol. The number of aryl methyl sites for hydroxylation is 3. The van der Waals surface area contributed by atoms with E-state index in [1.165, 1.54) is 5.56 Å². The third-order valence-electron chi connectivity index (χ3n) is 3.57. The van der Waals surface area contributed by atoms with Gasteiger partial charge in [-0.05, 0) is 50.3 Å². The van der Waals surface area contributed by atoms with E-state index in [-0.39, 0.29) is 5.91 Å². The number of rotatable bonds is 7. The molecule has 0 unspecified atom stereocenters. The SMILES string of the molecule is Cc1n[nH]c(C)c1CCCNC(=O)CCc1cccnc1. The van der Waals surface area contributed by atoms with Crippen LogP contribution < -0.4 is 5.32 Å². The Labute approximate surface area is 125 Å². The summed E-state index contributed by atoms with van der Waals surface area (Å²) in [5.74, 6) is 0.0968. The van der Waals surface area contributed by atoms with Crippen molar-refractivity contribution in [1.82, 2.24) is 20.5 Å². The van der Waals surface area contributed by atoms with E-state index in [0.29, 0.717) is 13.0 Å². The number of pyridine rings is 1. The molecule has 2 aromatic rings. The van der Waals surface area contributed by atoms with Crippen molar-refractivity contribution in [1.29, 1.82) is 0 Å². The van der Waals surface area contributed by atoms with Crippen LogP contribution in [0.4, 0.5) is 0 Å². The molecule has 0 fully saturated rings. The van der Waals surface area contributed by atoms with Crippen LogP contribution in [-0.2, 0) is 17.6 Å². The van der Waals surface area contributed by atoms with Gasteiger partial charge in [0.1, 0.15) is 0 Å². The summed E-state index contributed by atoms with van der Waals surface area (Å²) < 4.78 is 0. The molecule has 0 aromatic carbocycles. The highest BCUT2D eigenvalue weighted by atomic mass is 16.1. The maximum absolute atomic E-state index is 11.8. The largest absolute Gasteiger partial charge is 0.356 e. The van der Waals surface area contributed by atoms with Gasteiger partial charge in [-0.3, -0.25) is 14.9 Å². The summed E-state index contributed by atoms with van der Waals surface area (Å²) in [6.07, 6.45) is 6.66. The standard InChI is InChI=1S/C16H22N4O/c1-12-15(13(2)20-19-12)6-4-10-18-16(21)8-7-14-5-3-9-17-11-14/h3,5,9,11H,4,6-8,10H2,1-2H3,(H,18,21)(H,19,20). The van der Waals surface area contributed by atoms with Crippen molar-refractivity contribution in [2.45, 2.75) is 39.5 Å². The Hall–Kier alpha value is -2.17. The lowest BCUT2D eigenvalue weighted by Crippen LogP contribution is -2.25. The smallest absolute Gasteiger partial charge is 0.220 e. The second-order valence-electron chi connectivity index (χ2n) is 5.23. The Bertz CT molecular complexity index is 558. The van der Waals surface area contributed by atoms with E-state index in [9.17, 15) is 4.79 Å². The highest BCUT2D eigenvalue weighted by Gasteiger charge is 2.06. The molecule has 2 rings (SSSR count). The molecule has 0 bridgehead atoms. The quantitative estimate of drug-likeness (QED) is 0.766. The zero-order valence-corrected chi connectivity index (χ0v) is 12.6. The normalized spacial score (nSPS) is 10.6. The minimum Gasteiger partial charge on any atom is -0.356 e. The van der Waals surface area contributed by atoms with Crippen LogP contribution in [0.1, 0.15) is 35.4 Å². The number of amides is 1. The molecular weight excluding hydrogens is 264 g/mol. The summed E-state index contributed by atoms with van der Waals surface area (Å²) in [6, 6.07) is 3.88. The molecule has 2 heterocycles. The fourth-order valence-electron chi connectivity index (χ4n) is 2.33. The van der Waals surface area contributed by atoms with Crippen LogP contribution in [0.3, 0.4) is 0 Å². The van der Waals surface area contributed by atoms with Crippen LogP contribution in [0.5, 0.6) is 0 Å². The van der Waals surface area contributed by atoms with Crippen molar-refractivity contribution >= 4 is 5.91 Å². The number of aromatic nitrogens is 3. The van der Waals surface area contributed by atoms with Crippen LogP contribution in [0.15, 0.2) is 24.5 Å². The molecule has 0 radical (unpaired) electrons. The van der Waals surface area contributed by atoms with Gasteiger partial charge in [0.25, 0.3) is 0 Å². The predicted octanol–water partition coefficient (Wildman–Crippen LogP) is 2.10. The summed E-state index contributed by atoms with van der Waals surface area (Å²) in [5.41, 5.74) is 4.53. The molecule has 1 amide bonds. The fourth-order valence-corrected chi connectivity index (χ4v) is 2.33. The first-order chi connectivity index (χ1) is 10.2. The summed E-state index contributed by atoms with van der Waals surface area (Å²) in [6.45, 7) is 4.74. The van der Waals surface area contributed by atoms with Crippen molar-refractivity contribution in [3.05, 3.63) is 47.0 Å². The van der Waals surface area contributed by atoms with Gasteiger partial charge >= 0.3 is 0 Å². The maximum Gasteiger partial charge on any atom is 0.220 e. The van der Waals surface area contributed by atoms with Gasteiger partial charge in [-0.1, -0.05) is 6.07 Å². The van der Waals surface area contributed by atoms with Gasteiger partial charge in [0.2, 0.25) is 5.91 Å². The Balaban J connectivity index is 1.63. The van der Waals surface area contributed by atoms with Gasteiger partial charge in [-0.2, -0.15) is 5.10 Å². The zero-order valence-electron chi connectivity index (χ0n) is 12.6.